The summed E-state index contributed by atoms with van der Waals surface area (Å²) in [6, 6.07) is 0.112. The van der Waals surface area contributed by atoms with E-state index in [0.717, 1.165) is 26.2 Å². The zero-order chi connectivity index (χ0) is 8.77. The molecule has 2 bridgehead atoms. The Morgan fingerprint density at radius 2 is 2.33 bits per heavy atom. The predicted octanol–water partition coefficient (Wildman–Crippen LogP) is 0.638. The molecule has 70 valence electrons. The van der Waals surface area contributed by atoms with Gasteiger partial charge in [-0.3, -0.25) is 4.90 Å². The molecule has 3 unspecified atom stereocenters. The van der Waals surface area contributed by atoms with Crippen molar-refractivity contribution in [2.45, 2.75) is 25.6 Å². The van der Waals surface area contributed by atoms with E-state index in [9.17, 15) is 4.39 Å². The molecule has 2 saturated heterocycles. The summed E-state index contributed by atoms with van der Waals surface area (Å²) < 4.78 is 14.1. The zero-order valence-electron chi connectivity index (χ0n) is 7.81. The van der Waals surface area contributed by atoms with Gasteiger partial charge >= 0.3 is 0 Å². The summed E-state index contributed by atoms with van der Waals surface area (Å²) in [4.78, 5) is 2.25. The predicted molar refractivity (Wildman–Crippen MR) is 46.9 cm³/mol. The lowest BCUT2D eigenvalue weighted by Gasteiger charge is -2.35. The van der Waals surface area contributed by atoms with Crippen LogP contribution in [0.4, 0.5) is 4.39 Å². The Labute approximate surface area is 73.1 Å². The Balaban J connectivity index is 2.20. The highest BCUT2D eigenvalue weighted by Gasteiger charge is 2.52. The van der Waals surface area contributed by atoms with E-state index in [2.05, 4.69) is 17.1 Å². The van der Waals surface area contributed by atoms with Crippen LogP contribution < -0.4 is 5.32 Å². The van der Waals surface area contributed by atoms with Gasteiger partial charge in [-0.1, -0.05) is 6.92 Å². The van der Waals surface area contributed by atoms with Gasteiger partial charge in [0.05, 0.1) is 6.04 Å². The van der Waals surface area contributed by atoms with Gasteiger partial charge in [0.2, 0.25) is 0 Å². The van der Waals surface area contributed by atoms with Crippen molar-refractivity contribution in [1.29, 1.82) is 0 Å². The van der Waals surface area contributed by atoms with Gasteiger partial charge < -0.3 is 5.32 Å². The number of piperidine rings is 1. The molecule has 0 aromatic rings. The van der Waals surface area contributed by atoms with E-state index in [-0.39, 0.29) is 12.0 Å². The minimum atomic E-state index is -0.957. The Hall–Kier alpha value is -0.150. The number of nitrogens with zero attached hydrogens (tertiary/aromatic N) is 1. The molecule has 2 aliphatic heterocycles. The van der Waals surface area contributed by atoms with Crippen molar-refractivity contribution < 1.29 is 4.39 Å². The largest absolute Gasteiger partial charge is 0.315 e. The number of rotatable bonds is 1. The van der Waals surface area contributed by atoms with E-state index in [0.29, 0.717) is 0 Å². The molecule has 3 heteroatoms. The van der Waals surface area contributed by atoms with Crippen molar-refractivity contribution in [2.75, 3.05) is 26.2 Å². The van der Waals surface area contributed by atoms with Gasteiger partial charge in [-0.2, -0.15) is 0 Å². The average Bonchev–Trinajstić information content (AvgIpc) is 2.25. The molecule has 0 amide bonds. The maximum absolute atomic E-state index is 14.1. The van der Waals surface area contributed by atoms with E-state index in [1.807, 2.05) is 0 Å². The van der Waals surface area contributed by atoms with E-state index in [1.165, 1.54) is 0 Å². The molecule has 2 rings (SSSR count). The van der Waals surface area contributed by atoms with Crippen LogP contribution >= 0.6 is 0 Å². The van der Waals surface area contributed by atoms with Crippen LogP contribution in [0.2, 0.25) is 0 Å². The summed E-state index contributed by atoms with van der Waals surface area (Å²) in [5.41, 5.74) is -0.957. The van der Waals surface area contributed by atoms with Crippen LogP contribution in [0.1, 0.15) is 13.8 Å². The molecule has 0 saturated carbocycles. The second-order valence-electron chi connectivity index (χ2n) is 4.11. The molecule has 0 spiro atoms. The lowest BCUT2D eigenvalue weighted by Crippen LogP contribution is -2.53. The molecular formula is C9H17FN2. The van der Waals surface area contributed by atoms with E-state index >= 15 is 0 Å². The number of nitrogens with one attached hydrogen (secondary N) is 1. The first-order valence-corrected chi connectivity index (χ1v) is 4.80. The first kappa shape index (κ1) is 8.45. The van der Waals surface area contributed by atoms with Crippen LogP contribution in [-0.2, 0) is 0 Å². The third kappa shape index (κ3) is 0.995. The minimum Gasteiger partial charge on any atom is -0.315 e. The molecule has 0 aromatic heterocycles. The van der Waals surface area contributed by atoms with Crippen LogP contribution in [0.25, 0.3) is 0 Å². The molecular weight excluding hydrogens is 155 g/mol. The van der Waals surface area contributed by atoms with Crippen molar-refractivity contribution in [3.63, 3.8) is 0 Å². The number of alkyl halides is 1. The maximum atomic E-state index is 14.1. The van der Waals surface area contributed by atoms with Gasteiger partial charge in [0, 0.05) is 25.6 Å². The topological polar surface area (TPSA) is 15.3 Å². The zero-order valence-corrected chi connectivity index (χ0v) is 7.81. The lowest BCUT2D eigenvalue weighted by molar-refractivity contribution is 0.0655. The fourth-order valence-electron chi connectivity index (χ4n) is 2.55. The molecule has 2 heterocycles. The Morgan fingerprint density at radius 1 is 1.58 bits per heavy atom. The van der Waals surface area contributed by atoms with Crippen molar-refractivity contribution in [2.24, 2.45) is 5.92 Å². The summed E-state index contributed by atoms with van der Waals surface area (Å²) in [5, 5.41) is 3.29. The lowest BCUT2D eigenvalue weighted by atomic mass is 9.86. The van der Waals surface area contributed by atoms with E-state index < -0.39 is 5.67 Å². The Morgan fingerprint density at radius 3 is 2.92 bits per heavy atom. The van der Waals surface area contributed by atoms with Crippen LogP contribution in [-0.4, -0.2) is 42.8 Å². The van der Waals surface area contributed by atoms with Crippen LogP contribution in [0.5, 0.6) is 0 Å². The average molecular weight is 172 g/mol. The number of likely N-dealkylation sites (tertiary alicyclic amines) is 1. The highest BCUT2D eigenvalue weighted by Crippen LogP contribution is 2.38. The van der Waals surface area contributed by atoms with E-state index in [4.69, 9.17) is 0 Å². The van der Waals surface area contributed by atoms with Crippen LogP contribution in [0.3, 0.4) is 0 Å². The summed E-state index contributed by atoms with van der Waals surface area (Å²) in [5.74, 6) is 0.205. The van der Waals surface area contributed by atoms with Crippen molar-refractivity contribution >= 4 is 0 Å². The van der Waals surface area contributed by atoms with E-state index in [1.54, 1.807) is 6.92 Å². The summed E-state index contributed by atoms with van der Waals surface area (Å²) in [7, 11) is 0. The third-order valence-electron chi connectivity index (χ3n) is 3.48. The molecule has 2 aliphatic rings. The normalized spacial score (nSPS) is 48.2. The molecule has 12 heavy (non-hydrogen) atoms. The van der Waals surface area contributed by atoms with Gasteiger partial charge in [0.25, 0.3) is 0 Å². The molecule has 3 atom stereocenters. The van der Waals surface area contributed by atoms with Crippen LogP contribution in [0.15, 0.2) is 0 Å². The number of hydrogen-bond acceptors (Lipinski definition) is 2. The second kappa shape index (κ2) is 2.67. The first-order valence-electron chi connectivity index (χ1n) is 4.80. The standard InChI is InChI=1S/C9H17FN2/c1-3-12-6-7-4-11-5-8(12)9(7,2)10/h7-8,11H,3-6H2,1-2H3. The summed E-state index contributed by atoms with van der Waals surface area (Å²) in [6.07, 6.45) is 0. The smallest absolute Gasteiger partial charge is 0.130 e. The monoisotopic (exact) mass is 172 g/mol. The fraction of sp³-hybridized carbons (Fsp3) is 1.00. The van der Waals surface area contributed by atoms with Gasteiger partial charge in [0.15, 0.2) is 0 Å². The van der Waals surface area contributed by atoms with Gasteiger partial charge in [-0.05, 0) is 13.5 Å². The minimum absolute atomic E-state index is 0.112. The summed E-state index contributed by atoms with van der Waals surface area (Å²) in [6.45, 7) is 7.44. The summed E-state index contributed by atoms with van der Waals surface area (Å²) >= 11 is 0. The second-order valence-corrected chi connectivity index (χ2v) is 4.11. The quantitative estimate of drug-likeness (QED) is 0.624. The SMILES string of the molecule is CCN1CC2CNCC1C2(C)F. The van der Waals surface area contributed by atoms with Gasteiger partial charge in [0.1, 0.15) is 5.67 Å². The van der Waals surface area contributed by atoms with Crippen LogP contribution in [0, 0.1) is 5.92 Å². The van der Waals surface area contributed by atoms with Crippen molar-refractivity contribution in [1.82, 2.24) is 10.2 Å². The Bertz CT molecular complexity index is 181. The number of hydrogen-bond donors (Lipinski definition) is 1. The molecule has 0 aromatic carbocycles. The fourth-order valence-corrected chi connectivity index (χ4v) is 2.55. The molecule has 0 radical (unpaired) electrons. The number of halogens is 1. The number of fused-ring (bicyclic) bond motifs is 2. The highest BCUT2D eigenvalue weighted by atomic mass is 19.1. The van der Waals surface area contributed by atoms with Gasteiger partial charge in [-0.15, -0.1) is 0 Å². The first-order chi connectivity index (χ1) is 5.66. The van der Waals surface area contributed by atoms with Gasteiger partial charge in [-0.25, -0.2) is 4.39 Å². The molecule has 2 nitrogen and oxygen atoms in total. The molecule has 2 fully saturated rings. The third-order valence-corrected chi connectivity index (χ3v) is 3.48. The maximum Gasteiger partial charge on any atom is 0.130 e. The van der Waals surface area contributed by atoms with Crippen molar-refractivity contribution in [3.05, 3.63) is 0 Å². The molecule has 0 aliphatic carbocycles. The highest BCUT2D eigenvalue weighted by molar-refractivity contribution is 5.07. The Kier molecular flexibility index (Phi) is 1.88. The number of likely N-dealkylation sites (N-methyl/N-ethyl adjacent to an activating group) is 1. The molecule has 1 N–H and O–H groups in total. The van der Waals surface area contributed by atoms with Crippen molar-refractivity contribution in [3.8, 4) is 0 Å².